The van der Waals surface area contributed by atoms with Gasteiger partial charge >= 0.3 is 0 Å². The monoisotopic (exact) mass is 326 g/mol. The van der Waals surface area contributed by atoms with Gasteiger partial charge in [0.15, 0.2) is 0 Å². The highest BCUT2D eigenvalue weighted by atomic mass is 19.1. The number of pyridine rings is 1. The van der Waals surface area contributed by atoms with Crippen LogP contribution in [0.15, 0.2) is 42.7 Å². The first-order valence-electron chi connectivity index (χ1n) is 7.65. The van der Waals surface area contributed by atoms with Crippen molar-refractivity contribution in [1.82, 2.24) is 19.9 Å². The molecule has 122 valence electrons. The third-order valence-corrected chi connectivity index (χ3v) is 4.05. The van der Waals surface area contributed by atoms with Crippen molar-refractivity contribution in [1.29, 1.82) is 0 Å². The Hall–Kier alpha value is -2.80. The molecule has 3 heterocycles. The third-order valence-electron chi connectivity index (χ3n) is 4.05. The van der Waals surface area contributed by atoms with Gasteiger partial charge in [0.2, 0.25) is 0 Å². The highest BCUT2D eigenvalue weighted by Gasteiger charge is 2.24. The number of carbonyl (C=O) groups is 1. The number of imidazole rings is 1. The highest BCUT2D eigenvalue weighted by Crippen LogP contribution is 2.26. The van der Waals surface area contributed by atoms with Gasteiger partial charge in [0.1, 0.15) is 18.2 Å². The molecule has 1 N–H and O–H groups in total. The molecule has 7 heteroatoms. The minimum Gasteiger partial charge on any atom is -0.371 e. The number of carbonyl (C=O) groups excluding carboxylic acids is 1. The van der Waals surface area contributed by atoms with E-state index in [1.54, 1.807) is 24.4 Å². The summed E-state index contributed by atoms with van der Waals surface area (Å²) in [6.45, 7) is 1.23. The Kier molecular flexibility index (Phi) is 3.70. The number of hydrogen-bond donors (Lipinski definition) is 1. The SMILES string of the molecule is O=C(NC[C@H]1COCc2nc3cc(F)ccc3n21)c1cccnc1. The van der Waals surface area contributed by atoms with Crippen LogP contribution < -0.4 is 5.32 Å². The molecule has 0 saturated carbocycles. The lowest BCUT2D eigenvalue weighted by Gasteiger charge is -2.26. The molecule has 1 atom stereocenters. The van der Waals surface area contributed by atoms with E-state index in [-0.39, 0.29) is 17.8 Å². The molecule has 0 bridgehead atoms. The molecule has 1 aliphatic rings. The molecule has 6 nitrogen and oxygen atoms in total. The molecule has 0 fully saturated rings. The molecule has 1 amide bonds. The predicted molar refractivity (Wildman–Crippen MR) is 85.0 cm³/mol. The van der Waals surface area contributed by atoms with Crippen molar-refractivity contribution >= 4 is 16.9 Å². The van der Waals surface area contributed by atoms with E-state index in [4.69, 9.17) is 4.74 Å². The quantitative estimate of drug-likeness (QED) is 0.800. The fourth-order valence-electron chi connectivity index (χ4n) is 2.95. The van der Waals surface area contributed by atoms with Crippen molar-refractivity contribution in [2.75, 3.05) is 13.2 Å². The maximum absolute atomic E-state index is 13.4. The zero-order valence-electron chi connectivity index (χ0n) is 12.8. The molecule has 0 aliphatic carbocycles. The van der Waals surface area contributed by atoms with Crippen LogP contribution in [0, 0.1) is 5.82 Å². The lowest BCUT2D eigenvalue weighted by molar-refractivity contribution is 0.0553. The standard InChI is InChI=1S/C17H15FN4O2/c18-12-3-4-15-14(6-12)21-16-10-24-9-13(22(15)16)8-20-17(23)11-2-1-5-19-7-11/h1-7,13H,8-10H2,(H,20,23)/t13-/m0/s1. The van der Waals surface area contributed by atoms with Crippen LogP contribution >= 0.6 is 0 Å². The molecule has 24 heavy (non-hydrogen) atoms. The van der Waals surface area contributed by atoms with Crippen molar-refractivity contribution < 1.29 is 13.9 Å². The van der Waals surface area contributed by atoms with Crippen LogP contribution in [-0.4, -0.2) is 33.6 Å². The van der Waals surface area contributed by atoms with E-state index in [0.717, 1.165) is 11.3 Å². The summed E-state index contributed by atoms with van der Waals surface area (Å²) in [4.78, 5) is 20.5. The van der Waals surface area contributed by atoms with Crippen molar-refractivity contribution in [3.63, 3.8) is 0 Å². The number of hydrogen-bond acceptors (Lipinski definition) is 4. The van der Waals surface area contributed by atoms with Crippen LogP contribution in [0.4, 0.5) is 4.39 Å². The first-order valence-corrected chi connectivity index (χ1v) is 7.65. The molecule has 1 aromatic carbocycles. The summed E-state index contributed by atoms with van der Waals surface area (Å²) in [6, 6.07) is 7.87. The number of fused-ring (bicyclic) bond motifs is 3. The Morgan fingerprint density at radius 3 is 3.17 bits per heavy atom. The number of amides is 1. The molecule has 2 aromatic heterocycles. The van der Waals surface area contributed by atoms with E-state index in [9.17, 15) is 9.18 Å². The number of nitrogens with zero attached hydrogens (tertiary/aromatic N) is 3. The normalized spacial score (nSPS) is 16.8. The second-order valence-corrected chi connectivity index (χ2v) is 5.65. The van der Waals surface area contributed by atoms with Crippen LogP contribution in [0.2, 0.25) is 0 Å². The lowest BCUT2D eigenvalue weighted by Crippen LogP contribution is -2.35. The number of halogens is 1. The van der Waals surface area contributed by atoms with Crippen molar-refractivity contribution in [3.8, 4) is 0 Å². The first kappa shape index (κ1) is 14.8. The van der Waals surface area contributed by atoms with Crippen molar-refractivity contribution in [3.05, 3.63) is 59.9 Å². The Morgan fingerprint density at radius 1 is 1.42 bits per heavy atom. The van der Waals surface area contributed by atoms with Gasteiger partial charge in [0.25, 0.3) is 5.91 Å². The van der Waals surface area contributed by atoms with Crippen LogP contribution in [0.5, 0.6) is 0 Å². The lowest BCUT2D eigenvalue weighted by atomic mass is 10.2. The third kappa shape index (κ3) is 2.63. The number of ether oxygens (including phenoxy) is 1. The first-order chi connectivity index (χ1) is 11.7. The molecule has 0 unspecified atom stereocenters. The number of rotatable bonds is 3. The number of nitrogens with one attached hydrogen (secondary N) is 1. The summed E-state index contributed by atoms with van der Waals surface area (Å²) in [7, 11) is 0. The van der Waals surface area contributed by atoms with Crippen molar-refractivity contribution in [2.24, 2.45) is 0 Å². The van der Waals surface area contributed by atoms with Gasteiger partial charge in [-0.3, -0.25) is 9.78 Å². The second-order valence-electron chi connectivity index (χ2n) is 5.65. The Balaban J connectivity index is 1.58. The van der Waals surface area contributed by atoms with E-state index in [1.807, 2.05) is 4.57 Å². The van der Waals surface area contributed by atoms with Gasteiger partial charge in [0, 0.05) is 25.0 Å². The van der Waals surface area contributed by atoms with E-state index < -0.39 is 0 Å². The van der Waals surface area contributed by atoms with Gasteiger partial charge in [-0.1, -0.05) is 0 Å². The van der Waals surface area contributed by atoms with E-state index in [0.29, 0.717) is 30.8 Å². The zero-order valence-corrected chi connectivity index (χ0v) is 12.8. The number of benzene rings is 1. The van der Waals surface area contributed by atoms with Gasteiger partial charge in [-0.2, -0.15) is 0 Å². The molecule has 0 spiro atoms. The summed E-state index contributed by atoms with van der Waals surface area (Å²) in [5.74, 6) is 0.230. The van der Waals surface area contributed by atoms with Crippen LogP contribution in [0.3, 0.4) is 0 Å². The Morgan fingerprint density at radius 2 is 2.33 bits per heavy atom. The largest absolute Gasteiger partial charge is 0.371 e. The fraction of sp³-hybridized carbons (Fsp3) is 0.235. The molecular formula is C17H15FN4O2. The highest BCUT2D eigenvalue weighted by molar-refractivity contribution is 5.93. The summed E-state index contributed by atoms with van der Waals surface area (Å²) in [5.41, 5.74) is 1.95. The Bertz CT molecular complexity index is 894. The van der Waals surface area contributed by atoms with E-state index in [1.165, 1.54) is 18.3 Å². The van der Waals surface area contributed by atoms with Gasteiger partial charge < -0.3 is 14.6 Å². The van der Waals surface area contributed by atoms with Crippen molar-refractivity contribution in [2.45, 2.75) is 12.6 Å². The number of aromatic nitrogens is 3. The minimum atomic E-state index is -0.319. The van der Waals surface area contributed by atoms with E-state index in [2.05, 4.69) is 15.3 Å². The zero-order chi connectivity index (χ0) is 16.5. The van der Waals surface area contributed by atoms with E-state index >= 15 is 0 Å². The van der Waals surface area contributed by atoms with Crippen LogP contribution in [-0.2, 0) is 11.3 Å². The van der Waals surface area contributed by atoms with Crippen LogP contribution in [0.1, 0.15) is 22.2 Å². The van der Waals surface area contributed by atoms with Gasteiger partial charge in [-0.05, 0) is 24.3 Å². The molecule has 0 radical (unpaired) electrons. The summed E-state index contributed by atoms with van der Waals surface area (Å²) in [5, 5.41) is 2.89. The summed E-state index contributed by atoms with van der Waals surface area (Å²) >= 11 is 0. The van der Waals surface area contributed by atoms with Gasteiger partial charge in [-0.25, -0.2) is 9.37 Å². The molecule has 1 aliphatic heterocycles. The second kappa shape index (κ2) is 6.01. The Labute approximate surface area is 137 Å². The fourth-order valence-corrected chi connectivity index (χ4v) is 2.95. The smallest absolute Gasteiger partial charge is 0.252 e. The summed E-state index contributed by atoms with van der Waals surface area (Å²) < 4.78 is 21.0. The topological polar surface area (TPSA) is 69.0 Å². The molecule has 0 saturated heterocycles. The van der Waals surface area contributed by atoms with Gasteiger partial charge in [-0.15, -0.1) is 0 Å². The summed E-state index contributed by atoms with van der Waals surface area (Å²) in [6.07, 6.45) is 3.14. The van der Waals surface area contributed by atoms with Crippen LogP contribution in [0.25, 0.3) is 11.0 Å². The molecular weight excluding hydrogens is 311 g/mol. The van der Waals surface area contributed by atoms with Gasteiger partial charge in [0.05, 0.1) is 29.2 Å². The predicted octanol–water partition coefficient (Wildman–Crippen LogP) is 2.07. The average molecular weight is 326 g/mol. The molecule has 4 rings (SSSR count). The maximum Gasteiger partial charge on any atom is 0.252 e. The average Bonchev–Trinajstić information content (AvgIpc) is 2.98. The maximum atomic E-state index is 13.4. The molecule has 3 aromatic rings. The minimum absolute atomic E-state index is 0.0927.